The van der Waals surface area contributed by atoms with Crippen LogP contribution in [0.3, 0.4) is 0 Å². The van der Waals surface area contributed by atoms with Gasteiger partial charge in [0.2, 0.25) is 11.6 Å². The largest absolute Gasteiger partial charge is 0.433 e. The fourth-order valence-corrected chi connectivity index (χ4v) is 2.92. The fraction of sp³-hybridized carbons (Fsp3) is 0.111. The van der Waals surface area contributed by atoms with Crippen molar-refractivity contribution in [3.8, 4) is 0 Å². The van der Waals surface area contributed by atoms with E-state index in [1.807, 2.05) is 0 Å². The third-order valence-corrected chi connectivity index (χ3v) is 4.24. The summed E-state index contributed by atoms with van der Waals surface area (Å²) in [5.41, 5.74) is -2.83. The van der Waals surface area contributed by atoms with E-state index in [-0.39, 0.29) is 22.5 Å². The molecule has 9 nitrogen and oxygen atoms in total. The zero-order chi connectivity index (χ0) is 22.3. The van der Waals surface area contributed by atoms with Gasteiger partial charge in [-0.2, -0.15) is 18.3 Å². The Labute approximate surface area is 169 Å². The number of anilines is 1. The molecule has 0 aliphatic heterocycles. The van der Waals surface area contributed by atoms with E-state index in [0.717, 1.165) is 33.6 Å². The van der Waals surface area contributed by atoms with Crippen molar-refractivity contribution < 1.29 is 22.4 Å². The lowest BCUT2D eigenvalue weighted by Gasteiger charge is -2.13. The lowest BCUT2D eigenvalue weighted by Crippen LogP contribution is -2.30. The Balaban J connectivity index is 1.86. The van der Waals surface area contributed by atoms with Crippen LogP contribution in [0.2, 0.25) is 0 Å². The van der Waals surface area contributed by atoms with E-state index >= 15 is 0 Å². The quantitative estimate of drug-likeness (QED) is 0.397. The third-order valence-electron chi connectivity index (χ3n) is 4.24. The molecule has 4 aromatic heterocycles. The molecule has 0 saturated carbocycles. The van der Waals surface area contributed by atoms with Crippen LogP contribution in [0.15, 0.2) is 41.5 Å². The molecule has 0 fully saturated rings. The summed E-state index contributed by atoms with van der Waals surface area (Å²) in [5, 5.41) is 6.01. The van der Waals surface area contributed by atoms with Crippen LogP contribution >= 0.6 is 0 Å². The van der Waals surface area contributed by atoms with Crippen molar-refractivity contribution >= 4 is 34.1 Å². The standard InChI is InChI=1S/C18H9F4N7O2/c1-23-11-7-25-29-15-10(3-4-12(26-15)18(20,21)22)17(31)28(16(11)29)8-14(30)27-13-5-2-9(19)6-24-13/h2-7H,8H2,(H,24,27,30). The van der Waals surface area contributed by atoms with Crippen molar-refractivity contribution in [2.24, 2.45) is 0 Å². The minimum absolute atomic E-state index is 0.0201. The van der Waals surface area contributed by atoms with Crippen LogP contribution in [-0.2, 0) is 17.5 Å². The van der Waals surface area contributed by atoms with E-state index in [4.69, 9.17) is 6.57 Å². The molecular formula is C18H9F4N7O2. The Hall–Kier alpha value is -4.34. The normalized spacial score (nSPS) is 11.6. The van der Waals surface area contributed by atoms with Gasteiger partial charge in [-0.15, -0.1) is 0 Å². The maximum absolute atomic E-state index is 13.1. The molecule has 0 unspecified atom stereocenters. The number of fused-ring (bicyclic) bond motifs is 3. The Morgan fingerprint density at radius 1 is 1.19 bits per heavy atom. The van der Waals surface area contributed by atoms with Gasteiger partial charge in [-0.3, -0.25) is 14.2 Å². The average molecular weight is 431 g/mol. The van der Waals surface area contributed by atoms with Crippen molar-refractivity contribution in [3.05, 3.63) is 69.9 Å². The van der Waals surface area contributed by atoms with Gasteiger partial charge in [-0.25, -0.2) is 23.7 Å². The zero-order valence-corrected chi connectivity index (χ0v) is 15.2. The van der Waals surface area contributed by atoms with Crippen LogP contribution in [0.25, 0.3) is 21.5 Å². The lowest BCUT2D eigenvalue weighted by molar-refractivity contribution is -0.141. The van der Waals surface area contributed by atoms with Crippen molar-refractivity contribution in [2.45, 2.75) is 12.7 Å². The number of hydrogen-bond acceptors (Lipinski definition) is 5. The highest BCUT2D eigenvalue weighted by molar-refractivity contribution is 5.91. The number of carbonyl (C=O) groups excluding carboxylic acids is 1. The van der Waals surface area contributed by atoms with Crippen LogP contribution in [0.5, 0.6) is 0 Å². The van der Waals surface area contributed by atoms with Gasteiger partial charge in [-0.05, 0) is 24.3 Å². The summed E-state index contributed by atoms with van der Waals surface area (Å²) < 4.78 is 54.0. The molecule has 0 radical (unpaired) electrons. The van der Waals surface area contributed by atoms with Crippen LogP contribution in [0.1, 0.15) is 5.69 Å². The highest BCUT2D eigenvalue weighted by atomic mass is 19.4. The van der Waals surface area contributed by atoms with Crippen LogP contribution in [-0.4, -0.2) is 30.1 Å². The second kappa shape index (κ2) is 7.17. The Morgan fingerprint density at radius 3 is 2.61 bits per heavy atom. The molecule has 156 valence electrons. The van der Waals surface area contributed by atoms with Crippen molar-refractivity contribution in [1.82, 2.24) is 24.1 Å². The minimum Gasteiger partial charge on any atom is -0.309 e. The number of alkyl halides is 3. The SMILES string of the molecule is [C-]#[N+]c1cnn2c3nc(C(F)(F)F)ccc3c(=O)n(CC(=O)Nc3ccc(F)cn3)c12. The predicted molar refractivity (Wildman–Crippen MR) is 98.8 cm³/mol. The second-order valence-electron chi connectivity index (χ2n) is 6.24. The summed E-state index contributed by atoms with van der Waals surface area (Å²) >= 11 is 0. The highest BCUT2D eigenvalue weighted by Crippen LogP contribution is 2.29. The smallest absolute Gasteiger partial charge is 0.309 e. The molecule has 0 atom stereocenters. The highest BCUT2D eigenvalue weighted by Gasteiger charge is 2.33. The number of amides is 1. The molecule has 4 rings (SSSR count). The number of rotatable bonds is 3. The van der Waals surface area contributed by atoms with Crippen LogP contribution in [0, 0.1) is 12.4 Å². The lowest BCUT2D eigenvalue weighted by atomic mass is 10.2. The Morgan fingerprint density at radius 2 is 1.97 bits per heavy atom. The van der Waals surface area contributed by atoms with Gasteiger partial charge in [0.1, 0.15) is 29.5 Å². The van der Waals surface area contributed by atoms with Gasteiger partial charge in [0.05, 0.1) is 24.4 Å². The van der Waals surface area contributed by atoms with E-state index in [1.54, 1.807) is 0 Å². The fourth-order valence-electron chi connectivity index (χ4n) is 2.92. The number of nitrogens with zero attached hydrogens (tertiary/aromatic N) is 6. The monoisotopic (exact) mass is 431 g/mol. The second-order valence-corrected chi connectivity index (χ2v) is 6.24. The first-order valence-electron chi connectivity index (χ1n) is 8.46. The molecule has 13 heteroatoms. The van der Waals surface area contributed by atoms with Crippen molar-refractivity contribution in [3.63, 3.8) is 0 Å². The van der Waals surface area contributed by atoms with Crippen molar-refractivity contribution in [1.29, 1.82) is 0 Å². The molecule has 0 aliphatic rings. The van der Waals surface area contributed by atoms with E-state index in [9.17, 15) is 27.2 Å². The topological polar surface area (TPSA) is 98.5 Å². The summed E-state index contributed by atoms with van der Waals surface area (Å²) in [6.07, 6.45) is -2.82. The predicted octanol–water partition coefficient (Wildman–Crippen LogP) is 2.79. The summed E-state index contributed by atoms with van der Waals surface area (Å²) in [7, 11) is 0. The number of nitrogens with one attached hydrogen (secondary N) is 1. The Kier molecular flexibility index (Phi) is 4.61. The van der Waals surface area contributed by atoms with E-state index in [2.05, 4.69) is 25.2 Å². The maximum Gasteiger partial charge on any atom is 0.433 e. The first-order chi connectivity index (χ1) is 14.7. The van der Waals surface area contributed by atoms with Crippen LogP contribution < -0.4 is 10.9 Å². The molecule has 4 heterocycles. The number of carbonyl (C=O) groups is 1. The summed E-state index contributed by atoms with van der Waals surface area (Å²) in [5.74, 6) is -1.33. The van der Waals surface area contributed by atoms with Gasteiger partial charge in [0.15, 0.2) is 5.65 Å². The Bertz CT molecular complexity index is 1430. The van der Waals surface area contributed by atoms with Gasteiger partial charge < -0.3 is 5.32 Å². The van der Waals surface area contributed by atoms with Gasteiger partial charge in [-0.1, -0.05) is 0 Å². The van der Waals surface area contributed by atoms with E-state index < -0.39 is 41.3 Å². The van der Waals surface area contributed by atoms with E-state index in [0.29, 0.717) is 6.07 Å². The molecule has 1 amide bonds. The van der Waals surface area contributed by atoms with Gasteiger partial charge >= 0.3 is 6.18 Å². The molecule has 0 saturated heterocycles. The minimum atomic E-state index is -4.76. The number of hydrogen-bond donors (Lipinski definition) is 1. The molecule has 0 bridgehead atoms. The molecule has 4 aromatic rings. The van der Waals surface area contributed by atoms with Crippen molar-refractivity contribution in [2.75, 3.05) is 5.32 Å². The van der Waals surface area contributed by atoms with E-state index in [1.165, 1.54) is 6.07 Å². The first kappa shape index (κ1) is 20.0. The van der Waals surface area contributed by atoms with Gasteiger partial charge in [0.25, 0.3) is 5.56 Å². The zero-order valence-electron chi connectivity index (χ0n) is 15.2. The molecule has 1 N–H and O–H groups in total. The average Bonchev–Trinajstić information content (AvgIpc) is 3.16. The third kappa shape index (κ3) is 3.54. The summed E-state index contributed by atoms with van der Waals surface area (Å²) in [6, 6.07) is 3.85. The molecule has 0 aliphatic carbocycles. The van der Waals surface area contributed by atoms with Crippen LogP contribution in [0.4, 0.5) is 29.1 Å². The molecule has 0 aromatic carbocycles. The number of halogens is 4. The molecule has 0 spiro atoms. The first-order valence-corrected chi connectivity index (χ1v) is 8.46. The van der Waals surface area contributed by atoms with Gasteiger partial charge in [0, 0.05) is 0 Å². The summed E-state index contributed by atoms with van der Waals surface area (Å²) in [4.78, 5) is 35.8. The molecular weight excluding hydrogens is 422 g/mol. The maximum atomic E-state index is 13.1. The summed E-state index contributed by atoms with van der Waals surface area (Å²) in [6.45, 7) is 6.65. The number of pyridine rings is 2. The number of aromatic nitrogens is 5. The molecule has 31 heavy (non-hydrogen) atoms.